The van der Waals surface area contributed by atoms with Gasteiger partial charge in [0, 0.05) is 10.0 Å². The molecule has 0 radical (unpaired) electrons. The lowest BCUT2D eigenvalue weighted by Gasteiger charge is -2.25. The van der Waals surface area contributed by atoms with Gasteiger partial charge in [-0.25, -0.2) is 0 Å². The predicted octanol–water partition coefficient (Wildman–Crippen LogP) is 3.80. The second kappa shape index (κ2) is 6.39. The number of ether oxygens (including phenoxy) is 1. The molecule has 0 saturated carbocycles. The zero-order valence-corrected chi connectivity index (χ0v) is 12.9. The van der Waals surface area contributed by atoms with Crippen LogP contribution in [0.25, 0.3) is 0 Å². The topological polar surface area (TPSA) is 55.5 Å². The van der Waals surface area contributed by atoms with Gasteiger partial charge in [-0.2, -0.15) is 0 Å². The Morgan fingerprint density at radius 1 is 1.15 bits per heavy atom. The molecule has 2 aromatic rings. The molecule has 1 atom stereocenters. The van der Waals surface area contributed by atoms with E-state index >= 15 is 0 Å². The van der Waals surface area contributed by atoms with E-state index in [1.54, 1.807) is 6.92 Å². The van der Waals surface area contributed by atoms with E-state index in [-0.39, 0.29) is 0 Å². The molecule has 3 nitrogen and oxygen atoms in total. The summed E-state index contributed by atoms with van der Waals surface area (Å²) in [6.07, 6.45) is 0.480. The SMILES string of the molecule is CC(O)(CCN)c1ccccc1Oc1ccc(Br)cc1. The van der Waals surface area contributed by atoms with E-state index in [0.29, 0.717) is 18.7 Å². The van der Waals surface area contributed by atoms with E-state index < -0.39 is 5.60 Å². The summed E-state index contributed by atoms with van der Waals surface area (Å²) in [4.78, 5) is 0. The fourth-order valence-corrected chi connectivity index (χ4v) is 2.31. The average Bonchev–Trinajstić information content (AvgIpc) is 2.42. The fourth-order valence-electron chi connectivity index (χ4n) is 2.05. The zero-order chi connectivity index (χ0) is 14.6. The van der Waals surface area contributed by atoms with E-state index in [2.05, 4.69) is 15.9 Å². The first-order valence-corrected chi connectivity index (χ1v) is 7.27. The minimum atomic E-state index is -0.999. The summed E-state index contributed by atoms with van der Waals surface area (Å²) in [7, 11) is 0. The molecule has 0 amide bonds. The number of nitrogens with two attached hydrogens (primary N) is 1. The minimum absolute atomic E-state index is 0.416. The van der Waals surface area contributed by atoms with Gasteiger partial charge in [0.1, 0.15) is 11.5 Å². The molecular formula is C16H18BrNO2. The summed E-state index contributed by atoms with van der Waals surface area (Å²) >= 11 is 3.39. The molecule has 0 saturated heterocycles. The lowest BCUT2D eigenvalue weighted by molar-refractivity contribution is 0.0484. The first-order valence-electron chi connectivity index (χ1n) is 6.48. The van der Waals surface area contributed by atoms with Gasteiger partial charge in [0.2, 0.25) is 0 Å². The molecule has 0 aliphatic rings. The molecule has 0 heterocycles. The van der Waals surface area contributed by atoms with Crippen LogP contribution in [0.5, 0.6) is 11.5 Å². The third-order valence-electron chi connectivity index (χ3n) is 3.14. The van der Waals surface area contributed by atoms with Crippen molar-refractivity contribution in [3.05, 3.63) is 58.6 Å². The van der Waals surface area contributed by atoms with Crippen LogP contribution in [0.1, 0.15) is 18.9 Å². The van der Waals surface area contributed by atoms with Crippen LogP contribution in [0.2, 0.25) is 0 Å². The van der Waals surface area contributed by atoms with Gasteiger partial charge in [-0.1, -0.05) is 34.1 Å². The Morgan fingerprint density at radius 2 is 1.80 bits per heavy atom. The molecule has 2 aromatic carbocycles. The second-order valence-corrected chi connectivity index (χ2v) is 5.78. The van der Waals surface area contributed by atoms with Crippen molar-refractivity contribution in [1.29, 1.82) is 0 Å². The van der Waals surface area contributed by atoms with Gasteiger partial charge in [-0.15, -0.1) is 0 Å². The van der Waals surface area contributed by atoms with Crippen LogP contribution in [-0.4, -0.2) is 11.7 Å². The van der Waals surface area contributed by atoms with Crippen molar-refractivity contribution in [2.75, 3.05) is 6.54 Å². The van der Waals surface area contributed by atoms with Gasteiger partial charge in [0.25, 0.3) is 0 Å². The Labute approximate surface area is 127 Å². The third kappa shape index (κ3) is 3.60. The summed E-state index contributed by atoms with van der Waals surface area (Å²) in [5.74, 6) is 1.37. The number of benzene rings is 2. The van der Waals surface area contributed by atoms with Crippen LogP contribution < -0.4 is 10.5 Å². The van der Waals surface area contributed by atoms with E-state index in [9.17, 15) is 5.11 Å². The molecule has 0 fully saturated rings. The molecule has 3 N–H and O–H groups in total. The minimum Gasteiger partial charge on any atom is -0.457 e. The molecule has 0 aromatic heterocycles. The van der Waals surface area contributed by atoms with Gasteiger partial charge in [-0.3, -0.25) is 0 Å². The Bertz CT molecular complexity index is 567. The molecule has 2 rings (SSSR count). The predicted molar refractivity (Wildman–Crippen MR) is 83.9 cm³/mol. The third-order valence-corrected chi connectivity index (χ3v) is 3.67. The average molecular weight is 336 g/mol. The molecular weight excluding hydrogens is 318 g/mol. The van der Waals surface area contributed by atoms with Crippen molar-refractivity contribution in [2.24, 2.45) is 5.73 Å². The van der Waals surface area contributed by atoms with E-state index in [1.165, 1.54) is 0 Å². The van der Waals surface area contributed by atoms with Crippen LogP contribution in [0.3, 0.4) is 0 Å². The van der Waals surface area contributed by atoms with E-state index in [1.807, 2.05) is 48.5 Å². The van der Waals surface area contributed by atoms with Crippen molar-refractivity contribution in [1.82, 2.24) is 0 Å². The Morgan fingerprint density at radius 3 is 2.45 bits per heavy atom. The number of hydrogen-bond donors (Lipinski definition) is 2. The van der Waals surface area contributed by atoms with E-state index in [0.717, 1.165) is 15.8 Å². The second-order valence-electron chi connectivity index (χ2n) is 4.86. The van der Waals surface area contributed by atoms with Crippen molar-refractivity contribution >= 4 is 15.9 Å². The van der Waals surface area contributed by atoms with Gasteiger partial charge in [0.05, 0.1) is 5.60 Å². The highest BCUT2D eigenvalue weighted by molar-refractivity contribution is 9.10. The Hall–Kier alpha value is -1.36. The van der Waals surface area contributed by atoms with Crippen LogP contribution in [-0.2, 0) is 5.60 Å². The standard InChI is InChI=1S/C16H18BrNO2/c1-16(19,10-11-18)14-4-2-3-5-15(14)20-13-8-6-12(17)7-9-13/h2-9,19H,10-11,18H2,1H3. The highest BCUT2D eigenvalue weighted by atomic mass is 79.9. The number of halogens is 1. The lowest BCUT2D eigenvalue weighted by atomic mass is 9.92. The molecule has 1 unspecified atom stereocenters. The van der Waals surface area contributed by atoms with Crippen LogP contribution in [0, 0.1) is 0 Å². The quantitative estimate of drug-likeness (QED) is 0.873. The van der Waals surface area contributed by atoms with Crippen molar-refractivity contribution in [2.45, 2.75) is 18.9 Å². The first-order chi connectivity index (χ1) is 9.53. The van der Waals surface area contributed by atoms with Gasteiger partial charge >= 0.3 is 0 Å². The zero-order valence-electron chi connectivity index (χ0n) is 11.3. The van der Waals surface area contributed by atoms with Crippen LogP contribution in [0.15, 0.2) is 53.0 Å². The number of rotatable bonds is 5. The Balaban J connectivity index is 2.30. The summed E-state index contributed by atoms with van der Waals surface area (Å²) < 4.78 is 6.87. The maximum absolute atomic E-state index is 10.5. The maximum atomic E-state index is 10.5. The van der Waals surface area contributed by atoms with Gasteiger partial charge in [0.15, 0.2) is 0 Å². The van der Waals surface area contributed by atoms with Crippen molar-refractivity contribution in [3.8, 4) is 11.5 Å². The van der Waals surface area contributed by atoms with E-state index in [4.69, 9.17) is 10.5 Å². The monoisotopic (exact) mass is 335 g/mol. The molecule has 4 heteroatoms. The molecule has 0 bridgehead atoms. The maximum Gasteiger partial charge on any atom is 0.133 e. The van der Waals surface area contributed by atoms with Crippen molar-refractivity contribution in [3.63, 3.8) is 0 Å². The molecule has 106 valence electrons. The van der Waals surface area contributed by atoms with Crippen LogP contribution in [0.4, 0.5) is 0 Å². The van der Waals surface area contributed by atoms with Crippen LogP contribution >= 0.6 is 15.9 Å². The highest BCUT2D eigenvalue weighted by Gasteiger charge is 2.25. The molecule has 0 spiro atoms. The number of para-hydroxylation sites is 1. The summed E-state index contributed by atoms with van der Waals surface area (Å²) in [6.45, 7) is 2.17. The summed E-state index contributed by atoms with van der Waals surface area (Å²) in [6, 6.07) is 15.1. The molecule has 0 aliphatic heterocycles. The number of hydrogen-bond acceptors (Lipinski definition) is 3. The first kappa shape index (κ1) is 15.0. The molecule has 20 heavy (non-hydrogen) atoms. The van der Waals surface area contributed by atoms with Gasteiger partial charge in [-0.05, 0) is 50.2 Å². The highest BCUT2D eigenvalue weighted by Crippen LogP contribution is 2.34. The number of aliphatic hydroxyl groups is 1. The summed E-state index contributed by atoms with van der Waals surface area (Å²) in [5, 5.41) is 10.5. The van der Waals surface area contributed by atoms with Crippen molar-refractivity contribution < 1.29 is 9.84 Å². The largest absolute Gasteiger partial charge is 0.457 e. The lowest BCUT2D eigenvalue weighted by Crippen LogP contribution is -2.25. The van der Waals surface area contributed by atoms with Gasteiger partial charge < -0.3 is 15.6 Å². The molecule has 0 aliphatic carbocycles. The fraction of sp³-hybridized carbons (Fsp3) is 0.250. The summed E-state index contributed by atoms with van der Waals surface area (Å²) in [5.41, 5.74) is 5.31. The normalized spacial score (nSPS) is 13.8. The Kier molecular flexibility index (Phi) is 4.81. The smallest absolute Gasteiger partial charge is 0.133 e.